The zero-order valence-electron chi connectivity index (χ0n) is 36.1. The van der Waals surface area contributed by atoms with E-state index in [1.54, 1.807) is 6.20 Å². The highest BCUT2D eigenvalue weighted by molar-refractivity contribution is 6.13. The molecule has 0 radical (unpaired) electrons. The Labute approximate surface area is 385 Å². The number of furan rings is 1. The molecule has 0 aliphatic heterocycles. The van der Waals surface area contributed by atoms with Crippen molar-refractivity contribution < 1.29 is 4.42 Å². The molecule has 0 N–H and O–H groups in total. The van der Waals surface area contributed by atoms with Crippen molar-refractivity contribution in [3.63, 3.8) is 0 Å². The Morgan fingerprint density at radius 1 is 0.313 bits per heavy atom. The van der Waals surface area contributed by atoms with Gasteiger partial charge in [-0.2, -0.15) is 0 Å². The summed E-state index contributed by atoms with van der Waals surface area (Å²) in [4.78, 5) is 9.58. The molecule has 5 heteroatoms. The van der Waals surface area contributed by atoms with Crippen LogP contribution in [0.15, 0.2) is 235 Å². The topological polar surface area (TPSA) is 48.8 Å². The van der Waals surface area contributed by atoms with Crippen LogP contribution in [-0.2, 0) is 0 Å². The second-order valence-corrected chi connectivity index (χ2v) is 17.4. The molecular formula is C62H38N4O. The summed E-state index contributed by atoms with van der Waals surface area (Å²) in [6.45, 7) is 0. The van der Waals surface area contributed by atoms with Crippen LogP contribution in [0.3, 0.4) is 0 Å². The molecule has 5 aromatic heterocycles. The first kappa shape index (κ1) is 37.3. The molecule has 0 aliphatic carbocycles. The van der Waals surface area contributed by atoms with Crippen LogP contribution in [0.5, 0.6) is 0 Å². The van der Waals surface area contributed by atoms with E-state index in [9.17, 15) is 0 Å². The highest BCUT2D eigenvalue weighted by atomic mass is 16.3. The molecule has 9 aromatic carbocycles. The van der Waals surface area contributed by atoms with Gasteiger partial charge in [0.25, 0.3) is 0 Å². The number of rotatable bonds is 6. The van der Waals surface area contributed by atoms with Gasteiger partial charge < -0.3 is 13.6 Å². The third kappa shape index (κ3) is 6.02. The van der Waals surface area contributed by atoms with Crippen molar-refractivity contribution in [2.45, 2.75) is 0 Å². The van der Waals surface area contributed by atoms with Gasteiger partial charge in [0, 0.05) is 61.5 Å². The quantitative estimate of drug-likeness (QED) is 0.167. The Kier molecular flexibility index (Phi) is 8.21. The summed E-state index contributed by atoms with van der Waals surface area (Å²) in [5, 5.41) is 9.36. The largest absolute Gasteiger partial charge is 0.456 e. The van der Waals surface area contributed by atoms with Gasteiger partial charge in [-0.05, 0) is 112 Å². The lowest BCUT2D eigenvalue weighted by Gasteiger charge is -2.14. The second kappa shape index (κ2) is 14.7. The maximum atomic E-state index is 6.15. The van der Waals surface area contributed by atoms with Crippen LogP contribution in [0.2, 0.25) is 0 Å². The summed E-state index contributed by atoms with van der Waals surface area (Å²) in [6, 6.07) is 78.7. The number of para-hydroxylation sites is 2. The van der Waals surface area contributed by atoms with Gasteiger partial charge in [-0.1, -0.05) is 140 Å². The number of aromatic nitrogens is 4. The Morgan fingerprint density at radius 2 is 0.851 bits per heavy atom. The summed E-state index contributed by atoms with van der Waals surface area (Å²) in [5.41, 5.74) is 17.3. The van der Waals surface area contributed by atoms with Crippen LogP contribution in [0.1, 0.15) is 0 Å². The third-order valence-electron chi connectivity index (χ3n) is 13.6. The van der Waals surface area contributed by atoms with Crippen molar-refractivity contribution in [3.05, 3.63) is 231 Å². The average molecular weight is 855 g/mol. The molecule has 5 heterocycles. The van der Waals surface area contributed by atoms with E-state index in [4.69, 9.17) is 9.40 Å². The molecular weight excluding hydrogens is 817 g/mol. The van der Waals surface area contributed by atoms with E-state index in [0.717, 1.165) is 72.4 Å². The molecule has 312 valence electrons. The van der Waals surface area contributed by atoms with E-state index in [2.05, 4.69) is 226 Å². The molecule has 0 unspecified atom stereocenters. The lowest BCUT2D eigenvalue weighted by molar-refractivity contribution is 0.668. The predicted octanol–water partition coefficient (Wildman–Crippen LogP) is 16.4. The highest BCUT2D eigenvalue weighted by Crippen LogP contribution is 2.40. The monoisotopic (exact) mass is 854 g/mol. The van der Waals surface area contributed by atoms with Gasteiger partial charge in [-0.3, -0.25) is 4.98 Å². The molecule has 0 aliphatic rings. The number of fused-ring (bicyclic) bond motifs is 10. The normalized spacial score (nSPS) is 11.9. The van der Waals surface area contributed by atoms with Crippen LogP contribution in [0.25, 0.3) is 132 Å². The lowest BCUT2D eigenvalue weighted by Crippen LogP contribution is -1.98. The molecule has 67 heavy (non-hydrogen) atoms. The molecule has 0 saturated heterocycles. The third-order valence-corrected chi connectivity index (χ3v) is 13.6. The summed E-state index contributed by atoms with van der Waals surface area (Å²) in [6.07, 6.45) is 3.66. The Hall–Kier alpha value is -9.06. The van der Waals surface area contributed by atoms with Crippen LogP contribution in [-0.4, -0.2) is 19.1 Å². The molecule has 0 bridgehead atoms. The van der Waals surface area contributed by atoms with Gasteiger partial charge in [0.15, 0.2) is 0 Å². The first-order chi connectivity index (χ1) is 33.2. The van der Waals surface area contributed by atoms with Gasteiger partial charge in [0.1, 0.15) is 11.2 Å². The number of benzene rings is 9. The first-order valence-corrected chi connectivity index (χ1v) is 22.7. The van der Waals surface area contributed by atoms with E-state index in [1.165, 1.54) is 60.1 Å². The van der Waals surface area contributed by atoms with Crippen molar-refractivity contribution in [3.8, 4) is 56.1 Å². The van der Waals surface area contributed by atoms with E-state index >= 15 is 0 Å². The number of hydrogen-bond donors (Lipinski definition) is 0. The van der Waals surface area contributed by atoms with Gasteiger partial charge in [-0.25, -0.2) is 4.98 Å². The summed E-state index contributed by atoms with van der Waals surface area (Å²) >= 11 is 0. The van der Waals surface area contributed by atoms with Crippen molar-refractivity contribution in [1.29, 1.82) is 0 Å². The maximum Gasteiger partial charge on any atom is 0.138 e. The van der Waals surface area contributed by atoms with E-state index in [0.29, 0.717) is 0 Å². The first-order valence-electron chi connectivity index (χ1n) is 22.7. The van der Waals surface area contributed by atoms with Gasteiger partial charge >= 0.3 is 0 Å². The van der Waals surface area contributed by atoms with Gasteiger partial charge in [0.05, 0.1) is 39.1 Å². The number of nitrogens with zero attached hydrogens (tertiary/aromatic N) is 4. The van der Waals surface area contributed by atoms with Crippen LogP contribution in [0.4, 0.5) is 0 Å². The standard InChI is InChI=1S/C62H38N4O/c1-3-11-39(12-4-1)55-36-48(37-56(64-55)40-13-5-2-6-14-40)66-57-17-9-7-15-49(57)51-26-23-46(34-60(51)66)44-22-20-41-31-43(21-19-42(41)32-44)45-24-27-59-52(33-45)50-16-8-10-18-58(50)65(59)47-25-28-61-53(35-47)54-38-63-30-29-62(54)67-61/h1-38H. The zero-order valence-corrected chi connectivity index (χ0v) is 36.1. The maximum absolute atomic E-state index is 6.15. The summed E-state index contributed by atoms with van der Waals surface area (Å²) in [5.74, 6) is 0. The van der Waals surface area contributed by atoms with E-state index in [1.807, 2.05) is 12.3 Å². The Balaban J connectivity index is 0.855. The minimum absolute atomic E-state index is 0.847. The van der Waals surface area contributed by atoms with E-state index in [-0.39, 0.29) is 0 Å². The zero-order chi connectivity index (χ0) is 44.0. The number of pyridine rings is 2. The minimum atomic E-state index is 0.847. The average Bonchev–Trinajstić information content (AvgIpc) is 4.05. The molecule has 0 amide bonds. The van der Waals surface area contributed by atoms with Gasteiger partial charge in [0.2, 0.25) is 0 Å². The lowest BCUT2D eigenvalue weighted by atomic mass is 9.96. The fourth-order valence-corrected chi connectivity index (χ4v) is 10.4. The Bertz CT molecular complexity index is 4220. The second-order valence-electron chi connectivity index (χ2n) is 17.4. The Morgan fingerprint density at radius 3 is 1.55 bits per heavy atom. The van der Waals surface area contributed by atoms with Gasteiger partial charge in [-0.15, -0.1) is 0 Å². The predicted molar refractivity (Wildman–Crippen MR) is 277 cm³/mol. The molecule has 0 spiro atoms. The van der Waals surface area contributed by atoms with Crippen LogP contribution in [0, 0.1) is 0 Å². The summed E-state index contributed by atoms with van der Waals surface area (Å²) < 4.78 is 10.9. The minimum Gasteiger partial charge on any atom is -0.456 e. The van der Waals surface area contributed by atoms with E-state index < -0.39 is 0 Å². The fraction of sp³-hybridized carbons (Fsp3) is 0. The van der Waals surface area contributed by atoms with Crippen molar-refractivity contribution in [1.82, 2.24) is 19.1 Å². The van der Waals surface area contributed by atoms with Crippen LogP contribution >= 0.6 is 0 Å². The molecule has 14 aromatic rings. The van der Waals surface area contributed by atoms with Crippen LogP contribution < -0.4 is 0 Å². The van der Waals surface area contributed by atoms with Crippen molar-refractivity contribution >= 4 is 76.3 Å². The SMILES string of the molecule is c1ccc(-c2cc(-n3c4ccccc4c4ccc(-c5ccc6cc(-c7ccc8c(c7)c7ccccc7n8-c7ccc8oc9ccncc9c8c7)ccc6c5)cc43)cc(-c3ccccc3)n2)cc1. The van der Waals surface area contributed by atoms with Crippen molar-refractivity contribution in [2.75, 3.05) is 0 Å². The highest BCUT2D eigenvalue weighted by Gasteiger charge is 2.18. The molecule has 14 rings (SSSR count). The molecule has 0 atom stereocenters. The summed E-state index contributed by atoms with van der Waals surface area (Å²) in [7, 11) is 0. The fourth-order valence-electron chi connectivity index (χ4n) is 10.4. The number of hydrogen-bond acceptors (Lipinski definition) is 3. The molecule has 5 nitrogen and oxygen atoms in total. The molecule has 0 saturated carbocycles. The van der Waals surface area contributed by atoms with Crippen molar-refractivity contribution in [2.24, 2.45) is 0 Å². The molecule has 0 fully saturated rings. The smallest absolute Gasteiger partial charge is 0.138 e.